The Morgan fingerprint density at radius 3 is 2.92 bits per heavy atom. The van der Waals surface area contributed by atoms with E-state index in [2.05, 4.69) is 24.6 Å². The molecule has 1 heterocycles. The van der Waals surface area contributed by atoms with Gasteiger partial charge < -0.3 is 0 Å². The van der Waals surface area contributed by atoms with Crippen molar-refractivity contribution in [1.82, 2.24) is 0 Å². The molecule has 0 radical (unpaired) electrons. The molecule has 62 valence electrons. The topological polar surface area (TPSA) is 3.88 Å². The van der Waals surface area contributed by atoms with Crippen molar-refractivity contribution in [2.75, 3.05) is 0 Å². The van der Waals surface area contributed by atoms with Crippen molar-refractivity contribution >= 4 is 33.2 Å². The van der Waals surface area contributed by atoms with Gasteiger partial charge in [0.2, 0.25) is 10.5 Å². The average molecular weight is 199 g/mol. The minimum atomic E-state index is 0.802. The Balaban J connectivity index is 2.88. The highest BCUT2D eigenvalue weighted by molar-refractivity contribution is 7.18. The maximum Gasteiger partial charge on any atom is 0.234 e. The molecule has 0 aliphatic heterocycles. The lowest BCUT2D eigenvalue weighted by atomic mass is 10.3. The van der Waals surface area contributed by atoms with Gasteiger partial charge >= 0.3 is 0 Å². The van der Waals surface area contributed by atoms with Crippen molar-refractivity contribution in [2.45, 2.75) is 6.92 Å². The smallest absolute Gasteiger partial charge is 0.189 e. The highest BCUT2D eigenvalue weighted by atomic mass is 35.5. The van der Waals surface area contributed by atoms with Crippen LogP contribution in [0.1, 0.15) is 5.01 Å². The van der Waals surface area contributed by atoms with Crippen LogP contribution < -0.4 is 4.57 Å². The molecule has 0 saturated carbocycles. The lowest BCUT2D eigenvalue weighted by Crippen LogP contribution is -2.28. The predicted octanol–water partition coefficient (Wildman–Crippen LogP) is 2.69. The lowest BCUT2D eigenvalue weighted by molar-refractivity contribution is -0.646. The number of fused-ring (bicyclic) bond motifs is 1. The van der Waals surface area contributed by atoms with E-state index in [0.717, 1.165) is 5.02 Å². The molecular formula is C9H9ClNS+. The second-order valence-corrected chi connectivity index (χ2v) is 4.46. The van der Waals surface area contributed by atoms with E-state index in [1.54, 1.807) is 11.3 Å². The minimum Gasteiger partial charge on any atom is -0.189 e. The Kier molecular flexibility index (Phi) is 1.81. The van der Waals surface area contributed by atoms with E-state index in [4.69, 9.17) is 11.6 Å². The van der Waals surface area contributed by atoms with Gasteiger partial charge in [-0.05, 0) is 12.1 Å². The number of nitrogens with zero attached hydrogens (tertiary/aromatic N) is 1. The van der Waals surface area contributed by atoms with Gasteiger partial charge in [0.05, 0.1) is 0 Å². The first-order chi connectivity index (χ1) is 5.68. The summed E-state index contributed by atoms with van der Waals surface area (Å²) in [6, 6.07) is 6.00. The number of benzene rings is 1. The standard InChI is InChI=1S/C9H9ClNS/c1-6-11(2)8-5-7(10)3-4-9(8)12-6/h3-5H,1-2H3/q+1. The molecule has 0 aliphatic rings. The molecule has 0 bridgehead atoms. The summed E-state index contributed by atoms with van der Waals surface area (Å²) in [6.45, 7) is 2.11. The van der Waals surface area contributed by atoms with Crippen LogP contribution in [0.4, 0.5) is 0 Å². The first-order valence-corrected chi connectivity index (χ1v) is 4.92. The molecular weight excluding hydrogens is 190 g/mol. The molecule has 0 N–H and O–H groups in total. The summed E-state index contributed by atoms with van der Waals surface area (Å²) in [5.41, 5.74) is 1.21. The van der Waals surface area contributed by atoms with Gasteiger partial charge in [-0.15, -0.1) is 0 Å². The predicted molar refractivity (Wildman–Crippen MR) is 52.7 cm³/mol. The number of aromatic nitrogens is 1. The molecule has 0 fully saturated rings. The van der Waals surface area contributed by atoms with Crippen LogP contribution in [0.3, 0.4) is 0 Å². The number of aryl methyl sites for hydroxylation is 2. The summed E-state index contributed by atoms with van der Waals surface area (Å²) in [6.07, 6.45) is 0. The molecule has 0 unspecified atom stereocenters. The minimum absolute atomic E-state index is 0.802. The van der Waals surface area contributed by atoms with Gasteiger partial charge in [-0.2, -0.15) is 4.57 Å². The van der Waals surface area contributed by atoms with Gasteiger partial charge in [0.15, 0.2) is 0 Å². The summed E-state index contributed by atoms with van der Waals surface area (Å²) >= 11 is 7.68. The molecule has 2 aromatic rings. The second-order valence-electron chi connectivity index (χ2n) is 2.79. The van der Waals surface area contributed by atoms with Crippen molar-refractivity contribution in [2.24, 2.45) is 7.05 Å². The first kappa shape index (κ1) is 8.02. The summed E-state index contributed by atoms with van der Waals surface area (Å²) in [5, 5.41) is 2.10. The van der Waals surface area contributed by atoms with E-state index < -0.39 is 0 Å². The maximum atomic E-state index is 5.89. The SMILES string of the molecule is Cc1sc2ccc(Cl)cc2[n+]1C. The number of rotatable bonds is 0. The highest BCUT2D eigenvalue weighted by Gasteiger charge is 2.12. The zero-order chi connectivity index (χ0) is 8.72. The third kappa shape index (κ3) is 1.11. The Labute approximate surface area is 80.2 Å². The average Bonchev–Trinajstić information content (AvgIpc) is 2.31. The fraction of sp³-hybridized carbons (Fsp3) is 0.222. The molecule has 0 saturated heterocycles. The Bertz CT molecular complexity index is 433. The van der Waals surface area contributed by atoms with Crippen molar-refractivity contribution in [3.05, 3.63) is 28.2 Å². The Morgan fingerprint density at radius 2 is 2.17 bits per heavy atom. The normalized spacial score (nSPS) is 10.9. The van der Waals surface area contributed by atoms with Crippen LogP contribution in [0.5, 0.6) is 0 Å². The number of hydrogen-bond acceptors (Lipinski definition) is 1. The quantitative estimate of drug-likeness (QED) is 0.574. The molecule has 12 heavy (non-hydrogen) atoms. The van der Waals surface area contributed by atoms with Gasteiger partial charge in [0, 0.05) is 18.0 Å². The van der Waals surface area contributed by atoms with Crippen molar-refractivity contribution in [1.29, 1.82) is 0 Å². The van der Waals surface area contributed by atoms with Gasteiger partial charge in [-0.1, -0.05) is 22.9 Å². The zero-order valence-electron chi connectivity index (χ0n) is 6.97. The molecule has 0 aliphatic carbocycles. The van der Waals surface area contributed by atoms with Crippen LogP contribution in [0.15, 0.2) is 18.2 Å². The summed E-state index contributed by atoms with van der Waals surface area (Å²) in [4.78, 5) is 0. The number of halogens is 1. The van der Waals surface area contributed by atoms with Gasteiger partial charge in [-0.25, -0.2) is 0 Å². The summed E-state index contributed by atoms with van der Waals surface area (Å²) in [5.74, 6) is 0. The molecule has 1 aromatic carbocycles. The number of thiazole rings is 1. The lowest BCUT2D eigenvalue weighted by Gasteiger charge is -1.87. The van der Waals surface area contributed by atoms with Crippen LogP contribution in [-0.4, -0.2) is 0 Å². The Hall–Kier alpha value is -0.600. The van der Waals surface area contributed by atoms with E-state index in [0.29, 0.717) is 0 Å². The largest absolute Gasteiger partial charge is 0.234 e. The van der Waals surface area contributed by atoms with Gasteiger partial charge in [-0.3, -0.25) is 0 Å². The van der Waals surface area contributed by atoms with E-state index in [1.165, 1.54) is 15.2 Å². The molecule has 2 rings (SSSR count). The fourth-order valence-electron chi connectivity index (χ4n) is 1.24. The molecule has 1 aromatic heterocycles. The van der Waals surface area contributed by atoms with Gasteiger partial charge in [0.25, 0.3) is 0 Å². The van der Waals surface area contributed by atoms with Crippen molar-refractivity contribution in [3.63, 3.8) is 0 Å². The third-order valence-corrected chi connectivity index (χ3v) is 3.38. The third-order valence-electron chi connectivity index (χ3n) is 2.01. The molecule has 0 spiro atoms. The van der Waals surface area contributed by atoms with Crippen LogP contribution in [0.25, 0.3) is 10.2 Å². The van der Waals surface area contributed by atoms with Crippen LogP contribution in [0, 0.1) is 6.92 Å². The maximum absolute atomic E-state index is 5.89. The van der Waals surface area contributed by atoms with E-state index >= 15 is 0 Å². The van der Waals surface area contributed by atoms with E-state index in [-0.39, 0.29) is 0 Å². The number of hydrogen-bond donors (Lipinski definition) is 0. The zero-order valence-corrected chi connectivity index (χ0v) is 8.54. The first-order valence-electron chi connectivity index (χ1n) is 3.73. The fourth-order valence-corrected chi connectivity index (χ4v) is 2.39. The molecule has 3 heteroatoms. The molecule has 1 nitrogen and oxygen atoms in total. The monoisotopic (exact) mass is 198 g/mol. The van der Waals surface area contributed by atoms with Crippen molar-refractivity contribution < 1.29 is 4.57 Å². The Morgan fingerprint density at radius 1 is 1.42 bits per heavy atom. The van der Waals surface area contributed by atoms with Crippen LogP contribution in [-0.2, 0) is 7.05 Å². The van der Waals surface area contributed by atoms with Gasteiger partial charge in [0.1, 0.15) is 11.7 Å². The highest BCUT2D eigenvalue weighted by Crippen LogP contribution is 2.22. The second kappa shape index (κ2) is 2.71. The van der Waals surface area contributed by atoms with Crippen molar-refractivity contribution in [3.8, 4) is 0 Å². The summed E-state index contributed by atoms with van der Waals surface area (Å²) < 4.78 is 3.45. The molecule has 0 atom stereocenters. The molecule has 0 amide bonds. The van der Waals surface area contributed by atoms with Crippen LogP contribution in [0.2, 0.25) is 5.02 Å². The summed E-state index contributed by atoms with van der Waals surface area (Å²) in [7, 11) is 2.06. The van der Waals surface area contributed by atoms with Crippen LogP contribution >= 0.6 is 22.9 Å². The van der Waals surface area contributed by atoms with E-state index in [1.807, 2.05) is 12.1 Å². The van der Waals surface area contributed by atoms with E-state index in [9.17, 15) is 0 Å².